The minimum absolute atomic E-state index is 0.230. The van der Waals surface area contributed by atoms with Gasteiger partial charge in [-0.15, -0.1) is 0 Å². The molecular formula is C19H29F3N6O. The van der Waals surface area contributed by atoms with Crippen molar-refractivity contribution in [3.63, 3.8) is 0 Å². The molecule has 10 heteroatoms. The Labute approximate surface area is 169 Å². The van der Waals surface area contributed by atoms with Crippen LogP contribution in [-0.4, -0.2) is 97.8 Å². The number of aromatic nitrogens is 1. The van der Waals surface area contributed by atoms with Gasteiger partial charge in [-0.05, 0) is 25.1 Å². The lowest BCUT2D eigenvalue weighted by Gasteiger charge is -2.33. The summed E-state index contributed by atoms with van der Waals surface area (Å²) in [6.45, 7) is 4.66. The minimum Gasteiger partial charge on any atom is -0.354 e. The van der Waals surface area contributed by atoms with E-state index < -0.39 is 12.7 Å². The van der Waals surface area contributed by atoms with E-state index in [1.54, 1.807) is 11.1 Å². The highest BCUT2D eigenvalue weighted by atomic mass is 19.4. The summed E-state index contributed by atoms with van der Waals surface area (Å²) >= 11 is 0. The van der Waals surface area contributed by atoms with Gasteiger partial charge in [-0.25, -0.2) is 9.78 Å². The summed E-state index contributed by atoms with van der Waals surface area (Å²) in [5.74, 6) is 0.936. The lowest BCUT2D eigenvalue weighted by atomic mass is 10.2. The number of nitrogens with one attached hydrogen (secondary N) is 1. The Morgan fingerprint density at radius 3 is 2.48 bits per heavy atom. The number of carbonyl (C=O) groups is 1. The maximum atomic E-state index is 12.6. The summed E-state index contributed by atoms with van der Waals surface area (Å²) in [5, 5.41) is 2.85. The van der Waals surface area contributed by atoms with Crippen molar-refractivity contribution in [2.75, 3.05) is 70.9 Å². The van der Waals surface area contributed by atoms with Crippen molar-refractivity contribution in [2.24, 2.45) is 0 Å². The molecule has 2 amide bonds. The maximum Gasteiger partial charge on any atom is 0.401 e. The zero-order chi connectivity index (χ0) is 20.9. The Hall–Kier alpha value is -2.07. The zero-order valence-corrected chi connectivity index (χ0v) is 16.8. The third-order valence-corrected chi connectivity index (χ3v) is 5.36. The predicted molar refractivity (Wildman–Crippen MR) is 105 cm³/mol. The van der Waals surface area contributed by atoms with Crippen LogP contribution < -0.4 is 10.2 Å². The van der Waals surface area contributed by atoms with Crippen LogP contribution in [-0.2, 0) is 6.54 Å². The molecule has 0 aliphatic carbocycles. The Bertz CT molecular complexity index is 661. The van der Waals surface area contributed by atoms with E-state index in [0.717, 1.165) is 37.6 Å². The highest BCUT2D eigenvalue weighted by molar-refractivity contribution is 5.74. The lowest BCUT2D eigenvalue weighted by molar-refractivity contribution is -0.145. The van der Waals surface area contributed by atoms with Gasteiger partial charge in [-0.3, -0.25) is 4.90 Å². The SMILES string of the molecule is CN1CCN(c2ccc(CNC(=O)N3CCCN(CC(F)(F)F)CC3)cn2)CC1. The first-order chi connectivity index (χ1) is 13.8. The fourth-order valence-corrected chi connectivity index (χ4v) is 3.62. The summed E-state index contributed by atoms with van der Waals surface area (Å²) in [4.78, 5) is 24.4. The van der Waals surface area contributed by atoms with Crippen molar-refractivity contribution in [1.82, 2.24) is 25.0 Å². The summed E-state index contributed by atoms with van der Waals surface area (Å²) < 4.78 is 37.7. The molecule has 1 aromatic heterocycles. The molecule has 2 saturated heterocycles. The number of likely N-dealkylation sites (N-methyl/N-ethyl adjacent to an activating group) is 1. The molecule has 0 saturated carbocycles. The van der Waals surface area contributed by atoms with E-state index in [4.69, 9.17) is 0 Å². The highest BCUT2D eigenvalue weighted by Crippen LogP contribution is 2.18. The molecule has 0 spiro atoms. The first-order valence-corrected chi connectivity index (χ1v) is 10.0. The maximum absolute atomic E-state index is 12.6. The average Bonchev–Trinajstić information content (AvgIpc) is 2.91. The molecule has 0 bridgehead atoms. The quantitative estimate of drug-likeness (QED) is 0.812. The number of alkyl halides is 3. The van der Waals surface area contributed by atoms with E-state index in [0.29, 0.717) is 32.6 Å². The lowest BCUT2D eigenvalue weighted by Crippen LogP contribution is -2.44. The van der Waals surface area contributed by atoms with Gasteiger partial charge in [0.1, 0.15) is 5.82 Å². The van der Waals surface area contributed by atoms with Crippen molar-refractivity contribution in [3.8, 4) is 0 Å². The van der Waals surface area contributed by atoms with Crippen LogP contribution >= 0.6 is 0 Å². The van der Waals surface area contributed by atoms with Gasteiger partial charge in [-0.2, -0.15) is 13.2 Å². The van der Waals surface area contributed by atoms with Crippen molar-refractivity contribution < 1.29 is 18.0 Å². The third-order valence-electron chi connectivity index (χ3n) is 5.36. The number of hydrogen-bond donors (Lipinski definition) is 1. The van der Waals surface area contributed by atoms with Crippen LogP contribution in [0.5, 0.6) is 0 Å². The molecule has 3 rings (SSSR count). The zero-order valence-electron chi connectivity index (χ0n) is 16.8. The Morgan fingerprint density at radius 1 is 1.07 bits per heavy atom. The van der Waals surface area contributed by atoms with E-state index in [1.807, 2.05) is 12.1 Å². The Kier molecular flexibility index (Phi) is 7.18. The van der Waals surface area contributed by atoms with Crippen LogP contribution in [0.25, 0.3) is 0 Å². The minimum atomic E-state index is -4.21. The number of pyridine rings is 1. The fraction of sp³-hybridized carbons (Fsp3) is 0.684. The average molecular weight is 414 g/mol. The molecule has 2 aliphatic heterocycles. The number of piperazine rings is 1. The van der Waals surface area contributed by atoms with E-state index in [-0.39, 0.29) is 12.6 Å². The van der Waals surface area contributed by atoms with E-state index >= 15 is 0 Å². The van der Waals surface area contributed by atoms with Crippen LogP contribution in [0.15, 0.2) is 18.3 Å². The van der Waals surface area contributed by atoms with Gasteiger partial charge in [0.05, 0.1) is 6.54 Å². The first-order valence-electron chi connectivity index (χ1n) is 10.0. The van der Waals surface area contributed by atoms with Crippen LogP contribution in [0, 0.1) is 0 Å². The molecular weight excluding hydrogens is 385 g/mol. The van der Waals surface area contributed by atoms with Crippen molar-refractivity contribution in [1.29, 1.82) is 0 Å². The summed E-state index contributed by atoms with van der Waals surface area (Å²) in [6, 6.07) is 3.67. The Morgan fingerprint density at radius 2 is 1.83 bits per heavy atom. The number of nitrogens with zero attached hydrogens (tertiary/aromatic N) is 5. The smallest absolute Gasteiger partial charge is 0.354 e. The second-order valence-corrected chi connectivity index (χ2v) is 7.71. The van der Waals surface area contributed by atoms with Gasteiger partial charge in [0.15, 0.2) is 0 Å². The molecule has 0 unspecified atom stereocenters. The van der Waals surface area contributed by atoms with Crippen LogP contribution in [0.4, 0.5) is 23.8 Å². The van der Waals surface area contributed by atoms with Gasteiger partial charge in [0.2, 0.25) is 0 Å². The molecule has 162 valence electrons. The second kappa shape index (κ2) is 9.62. The molecule has 29 heavy (non-hydrogen) atoms. The standard InChI is InChI=1S/C19H29F3N6O/c1-25-7-10-27(11-8-25)17-4-3-16(13-23-17)14-24-18(29)28-6-2-5-26(9-12-28)15-19(20,21)22/h3-4,13H,2,5-12,14-15H2,1H3,(H,24,29). The van der Waals surface area contributed by atoms with Gasteiger partial charge >= 0.3 is 12.2 Å². The number of carbonyl (C=O) groups excluding carboxylic acids is 1. The van der Waals surface area contributed by atoms with Crippen molar-refractivity contribution in [3.05, 3.63) is 23.9 Å². The number of amides is 2. The molecule has 2 fully saturated rings. The van der Waals surface area contributed by atoms with Crippen LogP contribution in [0.3, 0.4) is 0 Å². The van der Waals surface area contributed by atoms with Crippen molar-refractivity contribution >= 4 is 11.8 Å². The monoisotopic (exact) mass is 414 g/mol. The molecule has 0 radical (unpaired) electrons. The van der Waals surface area contributed by atoms with Crippen LogP contribution in [0.1, 0.15) is 12.0 Å². The molecule has 2 aliphatic rings. The predicted octanol–water partition coefficient (Wildman–Crippen LogP) is 1.61. The second-order valence-electron chi connectivity index (χ2n) is 7.71. The summed E-state index contributed by atoms with van der Waals surface area (Å²) in [5.41, 5.74) is 0.893. The summed E-state index contributed by atoms with van der Waals surface area (Å²) in [7, 11) is 2.11. The van der Waals surface area contributed by atoms with Gasteiger partial charge < -0.3 is 20.0 Å². The number of halogens is 3. The number of urea groups is 1. The molecule has 1 aromatic rings. The van der Waals surface area contributed by atoms with Crippen molar-refractivity contribution in [2.45, 2.75) is 19.1 Å². The third kappa shape index (κ3) is 6.74. The van der Waals surface area contributed by atoms with Crippen LogP contribution in [0.2, 0.25) is 0 Å². The highest BCUT2D eigenvalue weighted by Gasteiger charge is 2.31. The van der Waals surface area contributed by atoms with Gasteiger partial charge in [0, 0.05) is 65.1 Å². The molecule has 0 atom stereocenters. The largest absolute Gasteiger partial charge is 0.401 e. The normalized spacial score (nSPS) is 19.9. The molecule has 3 heterocycles. The van der Waals surface area contributed by atoms with Gasteiger partial charge in [0.25, 0.3) is 0 Å². The molecule has 1 N–H and O–H groups in total. The van der Waals surface area contributed by atoms with E-state index in [2.05, 4.69) is 27.1 Å². The van der Waals surface area contributed by atoms with E-state index in [9.17, 15) is 18.0 Å². The first kappa shape index (κ1) is 21.6. The van der Waals surface area contributed by atoms with E-state index in [1.165, 1.54) is 4.90 Å². The van der Waals surface area contributed by atoms with Gasteiger partial charge in [-0.1, -0.05) is 6.07 Å². The fourth-order valence-electron chi connectivity index (χ4n) is 3.62. The number of hydrogen-bond acceptors (Lipinski definition) is 5. The topological polar surface area (TPSA) is 55.0 Å². The molecule has 0 aromatic carbocycles. The molecule has 7 nitrogen and oxygen atoms in total. The number of rotatable bonds is 4. The number of anilines is 1. The summed E-state index contributed by atoms with van der Waals surface area (Å²) in [6.07, 6.45) is -1.91. The Balaban J connectivity index is 1.44.